The van der Waals surface area contributed by atoms with Crippen LogP contribution in [0.5, 0.6) is 0 Å². The number of rotatable bonds is 9. The Hall–Kier alpha value is -3.40. The maximum atomic E-state index is 12.6. The molecule has 0 heterocycles. The first kappa shape index (κ1) is 25.9. The zero-order chi connectivity index (χ0) is 24.8. The molecule has 1 amide bonds. The minimum absolute atomic E-state index is 0.0139. The van der Waals surface area contributed by atoms with Crippen molar-refractivity contribution in [3.63, 3.8) is 0 Å². The summed E-state index contributed by atoms with van der Waals surface area (Å²) in [5.41, 5.74) is 2.62. The van der Waals surface area contributed by atoms with E-state index in [1.54, 1.807) is 6.07 Å². The maximum Gasteiger partial charge on any atom is 0.339 e. The number of hydrogen-bond acceptors (Lipinski definition) is 7. The lowest BCUT2D eigenvalue weighted by Gasteiger charge is -2.24. The number of benzene rings is 2. The van der Waals surface area contributed by atoms with Crippen LogP contribution in [0.3, 0.4) is 0 Å². The second kappa shape index (κ2) is 11.0. The monoisotopic (exact) mass is 476 g/mol. The normalized spacial score (nSPS) is 10.9. The lowest BCUT2D eigenvalue weighted by molar-refractivity contribution is -0.116. The fraction of sp³-hybridized carbons (Fsp3) is 0.348. The summed E-state index contributed by atoms with van der Waals surface area (Å²) in [7, 11) is -1.14. The van der Waals surface area contributed by atoms with Crippen molar-refractivity contribution in [3.8, 4) is 0 Å². The van der Waals surface area contributed by atoms with E-state index in [0.29, 0.717) is 5.69 Å². The van der Waals surface area contributed by atoms with Gasteiger partial charge in [0.05, 0.1) is 43.0 Å². The Balaban J connectivity index is 2.16. The zero-order valence-corrected chi connectivity index (χ0v) is 20.1. The molecule has 0 atom stereocenters. The first-order valence-corrected chi connectivity index (χ1v) is 12.0. The van der Waals surface area contributed by atoms with Gasteiger partial charge in [-0.15, -0.1) is 0 Å². The van der Waals surface area contributed by atoms with Gasteiger partial charge in [-0.25, -0.2) is 18.0 Å². The predicted octanol–water partition coefficient (Wildman–Crippen LogP) is 3.06. The highest BCUT2D eigenvalue weighted by Gasteiger charge is 2.21. The fourth-order valence-electron chi connectivity index (χ4n) is 3.23. The van der Waals surface area contributed by atoms with E-state index in [2.05, 4.69) is 10.1 Å². The molecule has 0 aliphatic rings. The van der Waals surface area contributed by atoms with Crippen LogP contribution in [0.25, 0.3) is 0 Å². The molecular weight excluding hydrogens is 448 g/mol. The summed E-state index contributed by atoms with van der Waals surface area (Å²) in [6, 6.07) is 9.61. The van der Waals surface area contributed by atoms with Gasteiger partial charge >= 0.3 is 11.9 Å². The number of amides is 1. The Morgan fingerprint density at radius 3 is 2.24 bits per heavy atom. The molecule has 9 nitrogen and oxygen atoms in total. The molecule has 0 radical (unpaired) electrons. The molecule has 33 heavy (non-hydrogen) atoms. The number of nitrogens with zero attached hydrogens (tertiary/aromatic N) is 1. The highest BCUT2D eigenvalue weighted by Crippen LogP contribution is 2.25. The second-order valence-electron chi connectivity index (χ2n) is 7.52. The minimum Gasteiger partial charge on any atom is -0.465 e. The SMILES string of the molecule is COC(=O)c1ccc(C(=O)OC)c(NC(=O)CCCN(c2cc(C)ccc2C)S(C)(=O)=O)c1. The van der Waals surface area contributed by atoms with Gasteiger partial charge in [-0.3, -0.25) is 9.10 Å². The number of sulfonamides is 1. The Labute approximate surface area is 193 Å². The van der Waals surface area contributed by atoms with Crippen molar-refractivity contribution >= 4 is 39.2 Å². The van der Waals surface area contributed by atoms with Crippen molar-refractivity contribution in [1.82, 2.24) is 0 Å². The Kier molecular flexibility index (Phi) is 8.58. The number of esters is 2. The van der Waals surface area contributed by atoms with Crippen LogP contribution >= 0.6 is 0 Å². The Bertz CT molecular complexity index is 1160. The van der Waals surface area contributed by atoms with E-state index in [0.717, 1.165) is 17.4 Å². The summed E-state index contributed by atoms with van der Waals surface area (Å²) in [5.74, 6) is -1.75. The van der Waals surface area contributed by atoms with Crippen LogP contribution in [-0.2, 0) is 24.3 Å². The van der Waals surface area contributed by atoms with Gasteiger partial charge < -0.3 is 14.8 Å². The van der Waals surface area contributed by atoms with E-state index in [1.165, 1.54) is 36.7 Å². The van der Waals surface area contributed by atoms with E-state index in [-0.39, 0.29) is 36.2 Å². The van der Waals surface area contributed by atoms with Gasteiger partial charge in [0.25, 0.3) is 0 Å². The Morgan fingerprint density at radius 2 is 1.64 bits per heavy atom. The lowest BCUT2D eigenvalue weighted by Crippen LogP contribution is -2.32. The van der Waals surface area contributed by atoms with Gasteiger partial charge in [0.2, 0.25) is 15.9 Å². The number of nitrogens with one attached hydrogen (secondary N) is 1. The van der Waals surface area contributed by atoms with Gasteiger partial charge in [0, 0.05) is 13.0 Å². The third-order valence-corrected chi connectivity index (χ3v) is 6.10. The first-order valence-electron chi connectivity index (χ1n) is 10.1. The Morgan fingerprint density at radius 1 is 0.970 bits per heavy atom. The summed E-state index contributed by atoms with van der Waals surface area (Å²) in [4.78, 5) is 36.4. The van der Waals surface area contributed by atoms with Crippen molar-refractivity contribution in [2.24, 2.45) is 0 Å². The molecule has 0 bridgehead atoms. The molecule has 0 aliphatic heterocycles. The van der Waals surface area contributed by atoms with Crippen molar-refractivity contribution in [1.29, 1.82) is 0 Å². The van der Waals surface area contributed by atoms with Gasteiger partial charge in [0.1, 0.15) is 0 Å². The third-order valence-electron chi connectivity index (χ3n) is 4.92. The van der Waals surface area contributed by atoms with E-state index < -0.39 is 27.9 Å². The minimum atomic E-state index is -3.56. The van der Waals surface area contributed by atoms with Gasteiger partial charge in [-0.2, -0.15) is 0 Å². The zero-order valence-electron chi connectivity index (χ0n) is 19.3. The van der Waals surface area contributed by atoms with Crippen molar-refractivity contribution in [2.45, 2.75) is 26.7 Å². The standard InChI is InChI=1S/C23H28N2O7S/c1-15-8-9-16(2)20(13-15)25(33(5,29)30)12-6-7-21(26)24-19-14-17(22(27)31-3)10-11-18(19)23(28)32-4/h8-11,13-14H,6-7,12H2,1-5H3,(H,24,26). The molecule has 2 aromatic rings. The molecule has 2 rings (SSSR count). The van der Waals surface area contributed by atoms with E-state index in [1.807, 2.05) is 26.0 Å². The number of carbonyl (C=O) groups excluding carboxylic acids is 3. The number of ether oxygens (including phenoxy) is 2. The van der Waals surface area contributed by atoms with Crippen LogP contribution < -0.4 is 9.62 Å². The van der Waals surface area contributed by atoms with E-state index in [4.69, 9.17) is 4.74 Å². The number of anilines is 2. The van der Waals surface area contributed by atoms with Crippen molar-refractivity contribution in [3.05, 3.63) is 58.7 Å². The summed E-state index contributed by atoms with van der Waals surface area (Å²) in [6.45, 7) is 3.79. The quantitative estimate of drug-likeness (QED) is 0.553. The molecule has 10 heteroatoms. The second-order valence-corrected chi connectivity index (χ2v) is 9.43. The van der Waals surface area contributed by atoms with Crippen LogP contribution in [0.1, 0.15) is 44.7 Å². The number of aryl methyl sites for hydroxylation is 2. The molecule has 0 aromatic heterocycles. The fourth-order valence-corrected chi connectivity index (χ4v) is 4.24. The number of carbonyl (C=O) groups is 3. The average Bonchev–Trinajstić information content (AvgIpc) is 2.76. The molecule has 178 valence electrons. The molecule has 0 unspecified atom stereocenters. The van der Waals surface area contributed by atoms with Crippen LogP contribution in [0.4, 0.5) is 11.4 Å². The van der Waals surface area contributed by atoms with Crippen LogP contribution in [0, 0.1) is 13.8 Å². The van der Waals surface area contributed by atoms with Crippen LogP contribution in [0.2, 0.25) is 0 Å². The van der Waals surface area contributed by atoms with Crippen LogP contribution in [0.15, 0.2) is 36.4 Å². The molecule has 0 spiro atoms. The number of methoxy groups -OCH3 is 2. The topological polar surface area (TPSA) is 119 Å². The highest BCUT2D eigenvalue weighted by molar-refractivity contribution is 7.92. The predicted molar refractivity (Wildman–Crippen MR) is 125 cm³/mol. The molecule has 0 saturated heterocycles. The lowest BCUT2D eigenvalue weighted by atomic mass is 10.1. The summed E-state index contributed by atoms with van der Waals surface area (Å²) >= 11 is 0. The maximum absolute atomic E-state index is 12.6. The summed E-state index contributed by atoms with van der Waals surface area (Å²) < 4.78 is 35.4. The summed E-state index contributed by atoms with van der Waals surface area (Å²) in [6.07, 6.45) is 1.34. The largest absolute Gasteiger partial charge is 0.465 e. The molecule has 0 aliphatic carbocycles. The first-order chi connectivity index (χ1) is 15.5. The summed E-state index contributed by atoms with van der Waals surface area (Å²) in [5, 5.41) is 2.60. The van der Waals surface area contributed by atoms with Gasteiger partial charge in [-0.1, -0.05) is 12.1 Å². The molecule has 1 N–H and O–H groups in total. The number of hydrogen-bond donors (Lipinski definition) is 1. The highest BCUT2D eigenvalue weighted by atomic mass is 32.2. The van der Waals surface area contributed by atoms with Crippen LogP contribution in [-0.4, -0.2) is 53.3 Å². The van der Waals surface area contributed by atoms with Gasteiger partial charge in [-0.05, 0) is 55.7 Å². The van der Waals surface area contributed by atoms with Crippen molar-refractivity contribution < 1.29 is 32.3 Å². The smallest absolute Gasteiger partial charge is 0.339 e. The average molecular weight is 477 g/mol. The van der Waals surface area contributed by atoms with Crippen molar-refractivity contribution in [2.75, 3.05) is 36.6 Å². The molecule has 0 fully saturated rings. The van der Waals surface area contributed by atoms with Gasteiger partial charge in [0.15, 0.2) is 0 Å². The van der Waals surface area contributed by atoms with E-state index in [9.17, 15) is 22.8 Å². The third kappa shape index (κ3) is 6.79. The molecule has 0 saturated carbocycles. The van der Waals surface area contributed by atoms with E-state index >= 15 is 0 Å². The molecule has 2 aromatic carbocycles. The molecular formula is C23H28N2O7S.